The Morgan fingerprint density at radius 1 is 1.12 bits per heavy atom. The molecule has 0 unspecified atom stereocenters. The van der Waals surface area contributed by atoms with E-state index in [2.05, 4.69) is 10.3 Å². The number of carbonyl (C=O) groups is 1. The van der Waals surface area contributed by atoms with Gasteiger partial charge in [0.2, 0.25) is 5.91 Å². The van der Waals surface area contributed by atoms with E-state index >= 15 is 0 Å². The Labute approximate surface area is 155 Å². The maximum absolute atomic E-state index is 12.2. The van der Waals surface area contributed by atoms with Crippen LogP contribution in [0.4, 0.5) is 11.4 Å². The standard InChI is InChI=1S/C20H18N4OS/c21-19-17-10-11-26-20(17)22-13-24(19)16-8-6-15(7-9-16)23-18(25)12-14-4-2-1-3-5-14/h1-11H,12-13,21H2,(H,23,25). The molecule has 1 aromatic heterocycles. The van der Waals surface area contributed by atoms with E-state index < -0.39 is 0 Å². The molecule has 3 N–H and O–H groups in total. The summed E-state index contributed by atoms with van der Waals surface area (Å²) in [6.07, 6.45) is 0.356. The molecule has 5 nitrogen and oxygen atoms in total. The SMILES string of the molecule is NC1=c2ccsc2=NCN1c1ccc(NC(=O)Cc2ccccc2)cc1. The van der Waals surface area contributed by atoms with E-state index in [4.69, 9.17) is 5.73 Å². The summed E-state index contributed by atoms with van der Waals surface area (Å²) in [4.78, 5) is 18.7. The van der Waals surface area contributed by atoms with E-state index in [0.29, 0.717) is 18.9 Å². The Morgan fingerprint density at radius 3 is 2.65 bits per heavy atom. The van der Waals surface area contributed by atoms with Crippen molar-refractivity contribution in [2.24, 2.45) is 10.7 Å². The fraction of sp³-hybridized carbons (Fsp3) is 0.100. The number of nitrogens with zero attached hydrogens (tertiary/aromatic N) is 2. The van der Waals surface area contributed by atoms with Crippen LogP contribution >= 0.6 is 11.3 Å². The maximum Gasteiger partial charge on any atom is 0.228 e. The van der Waals surface area contributed by atoms with Crippen molar-refractivity contribution < 1.29 is 4.79 Å². The molecule has 4 rings (SSSR count). The van der Waals surface area contributed by atoms with Gasteiger partial charge in [0.05, 0.1) is 11.6 Å². The van der Waals surface area contributed by atoms with E-state index in [0.717, 1.165) is 26.8 Å². The molecule has 2 heterocycles. The fourth-order valence-corrected chi connectivity index (χ4v) is 3.67. The number of fused-ring (bicyclic) bond motifs is 1. The van der Waals surface area contributed by atoms with Crippen LogP contribution in [0.1, 0.15) is 5.56 Å². The number of nitrogens with two attached hydrogens (primary N) is 1. The van der Waals surface area contributed by atoms with Crippen LogP contribution in [0.2, 0.25) is 0 Å². The molecule has 1 aliphatic heterocycles. The fourth-order valence-electron chi connectivity index (χ4n) is 2.91. The molecule has 0 spiro atoms. The average molecular weight is 362 g/mol. The van der Waals surface area contributed by atoms with Crippen molar-refractivity contribution >= 4 is 34.4 Å². The molecule has 6 heteroatoms. The van der Waals surface area contributed by atoms with Gasteiger partial charge < -0.3 is 16.0 Å². The molecule has 26 heavy (non-hydrogen) atoms. The largest absolute Gasteiger partial charge is 0.384 e. The first kappa shape index (κ1) is 16.4. The average Bonchev–Trinajstić information content (AvgIpc) is 3.13. The Balaban J connectivity index is 1.47. The van der Waals surface area contributed by atoms with Crippen molar-refractivity contribution in [2.75, 3.05) is 16.9 Å². The van der Waals surface area contributed by atoms with E-state index in [1.165, 1.54) is 0 Å². The van der Waals surface area contributed by atoms with Crippen molar-refractivity contribution in [3.8, 4) is 0 Å². The molecule has 130 valence electrons. The summed E-state index contributed by atoms with van der Waals surface area (Å²) in [6.45, 7) is 0.499. The number of anilines is 2. The van der Waals surface area contributed by atoms with Gasteiger partial charge in [0.15, 0.2) is 0 Å². The monoisotopic (exact) mass is 362 g/mol. The van der Waals surface area contributed by atoms with Crippen LogP contribution in [0.3, 0.4) is 0 Å². The molecular weight excluding hydrogens is 344 g/mol. The highest BCUT2D eigenvalue weighted by molar-refractivity contribution is 7.07. The summed E-state index contributed by atoms with van der Waals surface area (Å²) in [7, 11) is 0. The molecule has 0 saturated carbocycles. The number of rotatable bonds is 4. The maximum atomic E-state index is 12.2. The van der Waals surface area contributed by atoms with Crippen molar-refractivity contribution in [2.45, 2.75) is 6.42 Å². The number of amides is 1. The molecule has 0 saturated heterocycles. The highest BCUT2D eigenvalue weighted by Crippen LogP contribution is 2.21. The second kappa shape index (κ2) is 7.01. The third-order valence-corrected chi connectivity index (χ3v) is 5.08. The minimum Gasteiger partial charge on any atom is -0.384 e. The van der Waals surface area contributed by atoms with Gasteiger partial charge in [0, 0.05) is 11.4 Å². The van der Waals surface area contributed by atoms with Gasteiger partial charge in [0.25, 0.3) is 0 Å². The summed E-state index contributed by atoms with van der Waals surface area (Å²) in [5.41, 5.74) is 8.99. The second-order valence-electron chi connectivity index (χ2n) is 6.01. The Hall–Kier alpha value is -3.12. The summed E-state index contributed by atoms with van der Waals surface area (Å²) in [5.74, 6) is 0.669. The third kappa shape index (κ3) is 3.32. The van der Waals surface area contributed by atoms with Crippen LogP contribution in [-0.2, 0) is 11.2 Å². The van der Waals surface area contributed by atoms with Gasteiger partial charge in [-0.3, -0.25) is 9.79 Å². The van der Waals surface area contributed by atoms with Gasteiger partial charge in [0.1, 0.15) is 17.2 Å². The third-order valence-electron chi connectivity index (χ3n) is 4.24. The van der Waals surface area contributed by atoms with Crippen LogP contribution in [0.25, 0.3) is 5.82 Å². The minimum atomic E-state index is -0.0362. The first-order valence-corrected chi connectivity index (χ1v) is 9.18. The zero-order valence-corrected chi connectivity index (χ0v) is 14.9. The molecule has 1 aliphatic rings. The van der Waals surface area contributed by atoms with Gasteiger partial charge in [-0.2, -0.15) is 0 Å². The summed E-state index contributed by atoms with van der Waals surface area (Å²) in [6, 6.07) is 19.3. The molecule has 0 radical (unpaired) electrons. The predicted octanol–water partition coefficient (Wildman–Crippen LogP) is 2.05. The van der Waals surface area contributed by atoms with E-state index in [1.807, 2.05) is 70.9 Å². The summed E-state index contributed by atoms with van der Waals surface area (Å²) in [5, 5.41) is 5.90. The highest BCUT2D eigenvalue weighted by atomic mass is 32.1. The van der Waals surface area contributed by atoms with Crippen LogP contribution < -0.4 is 25.8 Å². The van der Waals surface area contributed by atoms with Gasteiger partial charge >= 0.3 is 0 Å². The zero-order chi connectivity index (χ0) is 17.9. The molecule has 0 bridgehead atoms. The summed E-state index contributed by atoms with van der Waals surface area (Å²) < 4.78 is 0.976. The van der Waals surface area contributed by atoms with Crippen LogP contribution in [0.15, 0.2) is 71.0 Å². The van der Waals surface area contributed by atoms with Crippen molar-refractivity contribution in [1.82, 2.24) is 0 Å². The second-order valence-corrected chi connectivity index (χ2v) is 6.90. The van der Waals surface area contributed by atoms with Crippen molar-refractivity contribution in [3.05, 3.63) is 81.5 Å². The first-order chi connectivity index (χ1) is 12.7. The number of nitrogens with one attached hydrogen (secondary N) is 1. The normalized spacial score (nSPS) is 13.1. The first-order valence-electron chi connectivity index (χ1n) is 8.30. The lowest BCUT2D eigenvalue weighted by Gasteiger charge is -2.24. The lowest BCUT2D eigenvalue weighted by atomic mass is 10.1. The lowest BCUT2D eigenvalue weighted by molar-refractivity contribution is -0.115. The molecule has 3 aromatic rings. The molecule has 2 aromatic carbocycles. The number of hydrogen-bond acceptors (Lipinski definition) is 5. The topological polar surface area (TPSA) is 70.7 Å². The summed E-state index contributed by atoms with van der Waals surface area (Å²) >= 11 is 1.59. The quantitative estimate of drug-likeness (QED) is 0.746. The smallest absolute Gasteiger partial charge is 0.228 e. The van der Waals surface area contributed by atoms with Gasteiger partial charge in [-0.05, 0) is 41.3 Å². The van der Waals surface area contributed by atoms with Crippen LogP contribution in [-0.4, -0.2) is 12.6 Å². The van der Waals surface area contributed by atoms with Gasteiger partial charge in [-0.25, -0.2) is 0 Å². The number of hydrogen-bond donors (Lipinski definition) is 2. The predicted molar refractivity (Wildman–Crippen MR) is 105 cm³/mol. The number of benzene rings is 2. The van der Waals surface area contributed by atoms with E-state index in [9.17, 15) is 4.79 Å². The number of thiophene rings is 1. The molecule has 1 amide bonds. The van der Waals surface area contributed by atoms with Crippen molar-refractivity contribution in [1.29, 1.82) is 0 Å². The highest BCUT2D eigenvalue weighted by Gasteiger charge is 2.14. The Kier molecular flexibility index (Phi) is 4.41. The number of carbonyl (C=O) groups excluding carboxylic acids is 1. The van der Waals surface area contributed by atoms with Crippen LogP contribution in [0, 0.1) is 0 Å². The van der Waals surface area contributed by atoms with Crippen molar-refractivity contribution in [3.63, 3.8) is 0 Å². The zero-order valence-electron chi connectivity index (χ0n) is 14.1. The van der Waals surface area contributed by atoms with E-state index in [-0.39, 0.29) is 5.91 Å². The van der Waals surface area contributed by atoms with Gasteiger partial charge in [-0.15, -0.1) is 11.3 Å². The lowest BCUT2D eigenvalue weighted by Crippen LogP contribution is -2.41. The van der Waals surface area contributed by atoms with E-state index in [1.54, 1.807) is 11.3 Å². The Morgan fingerprint density at radius 2 is 1.88 bits per heavy atom. The minimum absolute atomic E-state index is 0.0362. The molecule has 0 aliphatic carbocycles. The molecule has 0 atom stereocenters. The molecule has 0 fully saturated rings. The Bertz CT molecular complexity index is 1040. The van der Waals surface area contributed by atoms with Crippen LogP contribution in [0.5, 0.6) is 0 Å². The molecular formula is C20H18N4OS. The van der Waals surface area contributed by atoms with Gasteiger partial charge in [-0.1, -0.05) is 30.3 Å².